The van der Waals surface area contributed by atoms with Crippen molar-refractivity contribution in [3.8, 4) is 11.8 Å². The number of hydrogen-bond acceptors (Lipinski definition) is 3. The molecule has 1 unspecified atom stereocenters. The molecule has 116 valence electrons. The third-order valence-electron chi connectivity index (χ3n) is 3.36. The average Bonchev–Trinajstić information content (AvgIpc) is 2.41. The Bertz CT molecular complexity index is 495. The highest BCUT2D eigenvalue weighted by Gasteiger charge is 2.20. The Balaban J connectivity index is 2.90. The van der Waals surface area contributed by atoms with Crippen LogP contribution in [-0.2, 0) is 11.8 Å². The van der Waals surface area contributed by atoms with Gasteiger partial charge in [-0.1, -0.05) is 39.8 Å². The highest BCUT2D eigenvalue weighted by molar-refractivity contribution is 5.41. The fraction of sp³-hybridized carbons (Fsp3) is 0.611. The van der Waals surface area contributed by atoms with Gasteiger partial charge in [0.2, 0.25) is 0 Å². The van der Waals surface area contributed by atoms with Crippen LogP contribution in [0.5, 0.6) is 5.75 Å². The molecule has 3 heteroatoms. The van der Waals surface area contributed by atoms with Crippen molar-refractivity contribution in [1.82, 2.24) is 5.32 Å². The van der Waals surface area contributed by atoms with Crippen LogP contribution in [0, 0.1) is 11.3 Å². The van der Waals surface area contributed by atoms with Gasteiger partial charge in [-0.2, -0.15) is 5.26 Å². The van der Waals surface area contributed by atoms with Crippen molar-refractivity contribution >= 4 is 0 Å². The van der Waals surface area contributed by atoms with E-state index < -0.39 is 0 Å². The summed E-state index contributed by atoms with van der Waals surface area (Å²) in [6, 6.07) is 8.57. The maximum Gasteiger partial charge on any atom is 0.130 e. The molecule has 0 radical (unpaired) electrons. The Kier molecular flexibility index (Phi) is 6.23. The van der Waals surface area contributed by atoms with E-state index >= 15 is 0 Å². The molecule has 1 rings (SSSR count). The first-order valence-electron chi connectivity index (χ1n) is 7.69. The van der Waals surface area contributed by atoms with E-state index in [-0.39, 0.29) is 17.5 Å². The number of benzene rings is 1. The van der Waals surface area contributed by atoms with Crippen LogP contribution in [0.15, 0.2) is 18.2 Å². The van der Waals surface area contributed by atoms with E-state index in [0.717, 1.165) is 12.2 Å². The van der Waals surface area contributed by atoms with Crippen LogP contribution in [0.2, 0.25) is 0 Å². The highest BCUT2D eigenvalue weighted by Crippen LogP contribution is 2.32. The van der Waals surface area contributed by atoms with E-state index in [0.29, 0.717) is 6.61 Å². The van der Waals surface area contributed by atoms with Gasteiger partial charge < -0.3 is 4.74 Å². The van der Waals surface area contributed by atoms with Crippen molar-refractivity contribution in [3.05, 3.63) is 29.3 Å². The van der Waals surface area contributed by atoms with Gasteiger partial charge >= 0.3 is 0 Å². The zero-order valence-corrected chi connectivity index (χ0v) is 14.2. The Morgan fingerprint density at radius 1 is 1.29 bits per heavy atom. The maximum absolute atomic E-state index is 9.17. The van der Waals surface area contributed by atoms with Crippen LogP contribution < -0.4 is 10.1 Å². The van der Waals surface area contributed by atoms with Gasteiger partial charge in [-0.25, -0.2) is 0 Å². The molecular formula is C18H28N2O. The average molecular weight is 288 g/mol. The summed E-state index contributed by atoms with van der Waals surface area (Å²) < 4.78 is 5.93. The molecule has 0 aliphatic heterocycles. The number of rotatable bonds is 6. The second-order valence-electron chi connectivity index (χ2n) is 6.75. The van der Waals surface area contributed by atoms with Crippen molar-refractivity contribution in [2.24, 2.45) is 0 Å². The molecule has 1 atom stereocenters. The lowest BCUT2D eigenvalue weighted by Gasteiger charge is -2.24. The molecule has 0 bridgehead atoms. The SMILES string of the molecule is CCc1ccc(OCC(C#N)NC(C)C)c(C(C)(C)C)c1. The largest absolute Gasteiger partial charge is 0.491 e. The smallest absolute Gasteiger partial charge is 0.130 e. The fourth-order valence-corrected chi connectivity index (χ4v) is 2.21. The summed E-state index contributed by atoms with van der Waals surface area (Å²) in [6.07, 6.45) is 1.01. The first kappa shape index (κ1) is 17.5. The van der Waals surface area contributed by atoms with Crippen LogP contribution in [0.3, 0.4) is 0 Å². The van der Waals surface area contributed by atoms with Crippen LogP contribution in [0.4, 0.5) is 0 Å². The molecule has 1 aromatic rings. The minimum atomic E-state index is -0.288. The third kappa shape index (κ3) is 5.40. The van der Waals surface area contributed by atoms with Gasteiger partial charge in [-0.3, -0.25) is 5.32 Å². The Morgan fingerprint density at radius 3 is 2.43 bits per heavy atom. The van der Waals surface area contributed by atoms with Gasteiger partial charge in [0.25, 0.3) is 0 Å². The third-order valence-corrected chi connectivity index (χ3v) is 3.36. The number of nitrogens with zero attached hydrogens (tertiary/aromatic N) is 1. The van der Waals surface area contributed by atoms with E-state index in [4.69, 9.17) is 4.74 Å². The predicted octanol–water partition coefficient (Wildman–Crippen LogP) is 3.82. The van der Waals surface area contributed by atoms with E-state index in [1.165, 1.54) is 11.1 Å². The number of ether oxygens (including phenoxy) is 1. The quantitative estimate of drug-likeness (QED) is 0.865. The zero-order chi connectivity index (χ0) is 16.0. The van der Waals surface area contributed by atoms with Crippen molar-refractivity contribution in [1.29, 1.82) is 5.26 Å². The summed E-state index contributed by atoms with van der Waals surface area (Å²) >= 11 is 0. The molecule has 0 aliphatic rings. The summed E-state index contributed by atoms with van der Waals surface area (Å²) in [6.45, 7) is 13.1. The Labute approximate surface area is 129 Å². The second kappa shape index (κ2) is 7.47. The van der Waals surface area contributed by atoms with Crippen LogP contribution in [0.1, 0.15) is 52.7 Å². The standard InChI is InChI=1S/C18H28N2O/c1-7-14-8-9-17(16(10-14)18(4,5)6)21-12-15(11-19)20-13(2)3/h8-10,13,15,20H,7,12H2,1-6H3. The minimum Gasteiger partial charge on any atom is -0.491 e. The summed E-state index contributed by atoms with van der Waals surface area (Å²) in [5.74, 6) is 0.880. The van der Waals surface area contributed by atoms with Crippen LogP contribution >= 0.6 is 0 Å². The minimum absolute atomic E-state index is 0.0220. The maximum atomic E-state index is 9.17. The molecule has 0 aromatic heterocycles. The number of nitrogens with one attached hydrogen (secondary N) is 1. The molecule has 0 spiro atoms. The predicted molar refractivity (Wildman–Crippen MR) is 87.7 cm³/mol. The molecule has 3 nitrogen and oxygen atoms in total. The molecule has 0 saturated carbocycles. The van der Waals surface area contributed by atoms with E-state index in [1.54, 1.807) is 0 Å². The zero-order valence-electron chi connectivity index (χ0n) is 14.2. The first-order valence-corrected chi connectivity index (χ1v) is 7.69. The summed E-state index contributed by atoms with van der Waals surface area (Å²) in [5, 5.41) is 12.4. The van der Waals surface area contributed by atoms with Gasteiger partial charge in [0.15, 0.2) is 0 Å². The Hall–Kier alpha value is -1.53. The molecule has 0 fully saturated rings. The summed E-state index contributed by atoms with van der Waals surface area (Å²) in [5.41, 5.74) is 2.53. The van der Waals surface area contributed by atoms with E-state index in [2.05, 4.69) is 51.2 Å². The lowest BCUT2D eigenvalue weighted by atomic mass is 9.85. The number of hydrogen-bond donors (Lipinski definition) is 1. The van der Waals surface area contributed by atoms with Gasteiger partial charge in [0.1, 0.15) is 18.4 Å². The fourth-order valence-electron chi connectivity index (χ4n) is 2.21. The molecule has 0 aliphatic carbocycles. The lowest BCUT2D eigenvalue weighted by molar-refractivity contribution is 0.276. The monoisotopic (exact) mass is 288 g/mol. The number of nitriles is 1. The topological polar surface area (TPSA) is 45.0 Å². The summed E-state index contributed by atoms with van der Waals surface area (Å²) in [4.78, 5) is 0. The van der Waals surface area contributed by atoms with Gasteiger partial charge in [0.05, 0.1) is 6.07 Å². The van der Waals surface area contributed by atoms with Gasteiger partial charge in [0, 0.05) is 6.04 Å². The van der Waals surface area contributed by atoms with E-state index in [9.17, 15) is 5.26 Å². The van der Waals surface area contributed by atoms with Crippen LogP contribution in [-0.4, -0.2) is 18.7 Å². The van der Waals surface area contributed by atoms with Crippen LogP contribution in [0.25, 0.3) is 0 Å². The van der Waals surface area contributed by atoms with Crippen molar-refractivity contribution in [2.75, 3.05) is 6.61 Å². The van der Waals surface area contributed by atoms with Crippen molar-refractivity contribution < 1.29 is 4.74 Å². The number of aryl methyl sites for hydroxylation is 1. The molecule has 21 heavy (non-hydrogen) atoms. The molecule has 1 N–H and O–H groups in total. The van der Waals surface area contributed by atoms with Crippen molar-refractivity contribution in [2.45, 2.75) is 65.5 Å². The van der Waals surface area contributed by atoms with E-state index in [1.807, 2.05) is 19.9 Å². The van der Waals surface area contributed by atoms with Gasteiger partial charge in [-0.15, -0.1) is 0 Å². The highest BCUT2D eigenvalue weighted by atomic mass is 16.5. The molecular weight excluding hydrogens is 260 g/mol. The first-order chi connectivity index (χ1) is 9.77. The molecule has 0 heterocycles. The normalized spacial score (nSPS) is 13.0. The molecule has 0 amide bonds. The second-order valence-corrected chi connectivity index (χ2v) is 6.75. The van der Waals surface area contributed by atoms with Crippen molar-refractivity contribution in [3.63, 3.8) is 0 Å². The van der Waals surface area contributed by atoms with Gasteiger partial charge in [-0.05, 0) is 42.9 Å². The Morgan fingerprint density at radius 2 is 1.95 bits per heavy atom. The lowest BCUT2D eigenvalue weighted by Crippen LogP contribution is -2.38. The summed E-state index contributed by atoms with van der Waals surface area (Å²) in [7, 11) is 0. The molecule has 1 aromatic carbocycles. The molecule has 0 saturated heterocycles.